The zero-order chi connectivity index (χ0) is 44.1. The monoisotopic (exact) mass is 934 g/mol. The number of carbonyl (C=O) groups is 1. The van der Waals surface area contributed by atoms with Crippen LogP contribution in [0.2, 0.25) is 0 Å². The van der Waals surface area contributed by atoms with Crippen LogP contribution in [0.25, 0.3) is 0 Å². The molecule has 0 aromatic carbocycles. The SMILES string of the molecule is CO[C@@H]1[C@@H](OC)[C@H](O[C@H]2[C@H](OS(=O)(=O)O)[C@@H](OS(=O)(=O)O)[C@@H](C)O[C@@H]2COS(=O)(=O)O)O[C@H](C(=O)O)[C@H]1O[C@H]1O[C@H](COS(=O)(=O)O)[C@@H](OC(C)C)[C@H](OC)[C@H]1OC. The second-order valence-corrected chi connectivity index (χ2v) is 17.0. The van der Waals surface area contributed by atoms with Crippen LogP contribution < -0.4 is 0 Å². The Morgan fingerprint density at radius 2 is 0.966 bits per heavy atom. The molecule has 3 aliphatic rings. The molecule has 5 N–H and O–H groups in total. The second-order valence-electron chi connectivity index (χ2n) is 12.7. The van der Waals surface area contributed by atoms with Crippen LogP contribution in [0, 0.1) is 0 Å². The number of hydrogen-bond donors (Lipinski definition) is 5. The van der Waals surface area contributed by atoms with Gasteiger partial charge in [-0.15, -0.1) is 0 Å². The zero-order valence-electron chi connectivity index (χ0n) is 31.4. The smallest absolute Gasteiger partial charge is 0.397 e. The molecule has 0 aromatic heterocycles. The third-order valence-corrected chi connectivity index (χ3v) is 10.3. The van der Waals surface area contributed by atoms with Crippen LogP contribution in [0.1, 0.15) is 20.8 Å². The van der Waals surface area contributed by atoms with Crippen LogP contribution in [0.3, 0.4) is 0 Å². The summed E-state index contributed by atoms with van der Waals surface area (Å²) in [7, 11) is -16.9. The van der Waals surface area contributed by atoms with Crippen molar-refractivity contribution in [3.05, 3.63) is 0 Å². The quantitative estimate of drug-likeness (QED) is 0.0714. The summed E-state index contributed by atoms with van der Waals surface area (Å²) < 4.78 is 206. The minimum atomic E-state index is -5.61. The topological polar surface area (TPSA) is 384 Å². The van der Waals surface area contributed by atoms with Crippen LogP contribution in [-0.4, -0.2) is 203 Å². The van der Waals surface area contributed by atoms with Gasteiger partial charge in [0.2, 0.25) is 0 Å². The highest BCUT2D eigenvalue weighted by molar-refractivity contribution is 7.81. The molecular weight excluding hydrogens is 889 g/mol. The molecule has 0 radical (unpaired) electrons. The highest BCUT2D eigenvalue weighted by Gasteiger charge is 2.58. The van der Waals surface area contributed by atoms with E-state index >= 15 is 0 Å². The van der Waals surface area contributed by atoms with Crippen molar-refractivity contribution in [3.8, 4) is 0 Å². The summed E-state index contributed by atoms with van der Waals surface area (Å²) >= 11 is 0. The maximum Gasteiger partial charge on any atom is 0.397 e. The van der Waals surface area contributed by atoms with Gasteiger partial charge in [0.1, 0.15) is 67.1 Å². The fourth-order valence-electron chi connectivity index (χ4n) is 6.44. The molecule has 28 nitrogen and oxygen atoms in total. The van der Waals surface area contributed by atoms with E-state index in [1.807, 2.05) is 0 Å². The lowest BCUT2D eigenvalue weighted by Crippen LogP contribution is -2.68. The lowest BCUT2D eigenvalue weighted by molar-refractivity contribution is -0.373. The molecule has 0 spiro atoms. The minimum Gasteiger partial charge on any atom is -0.479 e. The van der Waals surface area contributed by atoms with Gasteiger partial charge in [-0.25, -0.2) is 21.5 Å². The van der Waals surface area contributed by atoms with Gasteiger partial charge in [0, 0.05) is 28.4 Å². The third-order valence-electron chi connectivity index (χ3n) is 8.52. The molecule has 15 atom stereocenters. The van der Waals surface area contributed by atoms with Gasteiger partial charge < -0.3 is 52.5 Å². The lowest BCUT2D eigenvalue weighted by Gasteiger charge is -2.50. The highest BCUT2D eigenvalue weighted by Crippen LogP contribution is 2.37. The molecule has 3 fully saturated rings. The van der Waals surface area contributed by atoms with Gasteiger partial charge in [0.05, 0.1) is 25.4 Å². The Balaban J connectivity index is 2.09. The van der Waals surface area contributed by atoms with Crippen molar-refractivity contribution in [2.45, 2.75) is 119 Å². The van der Waals surface area contributed by atoms with Crippen LogP contribution in [-0.2, 0) is 110 Å². The predicted molar refractivity (Wildman–Crippen MR) is 180 cm³/mol. The summed E-state index contributed by atoms with van der Waals surface area (Å²) in [6.07, 6.45) is -27.2. The average molecular weight is 935 g/mol. The molecule has 0 bridgehead atoms. The van der Waals surface area contributed by atoms with Crippen LogP contribution in [0.5, 0.6) is 0 Å². The van der Waals surface area contributed by atoms with Gasteiger partial charge in [-0.05, 0) is 20.8 Å². The summed E-state index contributed by atoms with van der Waals surface area (Å²) in [4.78, 5) is 12.8. The summed E-state index contributed by atoms with van der Waals surface area (Å²) in [6.45, 7) is 2.16. The molecule has 32 heteroatoms. The molecule has 0 amide bonds. The van der Waals surface area contributed by atoms with Gasteiger partial charge in [0.15, 0.2) is 18.7 Å². The van der Waals surface area contributed by atoms with E-state index in [1.54, 1.807) is 13.8 Å². The molecule has 0 saturated carbocycles. The van der Waals surface area contributed by atoms with Gasteiger partial charge >= 0.3 is 47.6 Å². The fraction of sp³-hybridized carbons (Fsp3) is 0.962. The first-order valence-electron chi connectivity index (χ1n) is 16.4. The molecule has 3 heterocycles. The standard InChI is InChI=1S/C26H46O28S4/c1-10(2)47-15-13(9-46-56(32,33)34)49-25(22(43-6)17(15)41-4)51-19-18(42-5)23(44-7)26(52-21(19)24(27)28)50-16-12(8-45-55(29,30)31)48-11(3)14(53-57(35,36)37)20(16)54-58(38,39)40/h10-23,25-26H,8-9H2,1-7H3,(H,27,28)(H,29,30,31)(H,32,33,34)(H,35,36,37)(H,38,39,40)/t11-,12-,13-,14+,15-,16-,17+,18+,19+,20-,21+,22-,23-,25-,26-/m1/s1. The first-order valence-corrected chi connectivity index (χ1v) is 21.9. The summed E-state index contributed by atoms with van der Waals surface area (Å²) in [5.41, 5.74) is 0. The number of ether oxygens (including phenoxy) is 10. The largest absolute Gasteiger partial charge is 0.479 e. The summed E-state index contributed by atoms with van der Waals surface area (Å²) in [5, 5.41) is 10.4. The van der Waals surface area contributed by atoms with Gasteiger partial charge in [0.25, 0.3) is 0 Å². The number of rotatable bonds is 21. The summed E-state index contributed by atoms with van der Waals surface area (Å²) in [5.74, 6) is -1.80. The third kappa shape index (κ3) is 14.3. The predicted octanol–water partition coefficient (Wildman–Crippen LogP) is -3.05. The van der Waals surface area contributed by atoms with Crippen molar-refractivity contribution in [2.75, 3.05) is 41.7 Å². The number of carboxylic acids is 1. The molecule has 58 heavy (non-hydrogen) atoms. The average Bonchev–Trinajstić information content (AvgIpc) is 3.07. The molecular formula is C26H46O28S4. The Kier molecular flexibility index (Phi) is 18.1. The van der Waals surface area contributed by atoms with E-state index in [2.05, 4.69) is 16.7 Å². The maximum atomic E-state index is 12.8. The Morgan fingerprint density at radius 3 is 1.38 bits per heavy atom. The number of carboxylic acid groups (broad SMARTS) is 1. The van der Waals surface area contributed by atoms with Crippen molar-refractivity contribution in [3.63, 3.8) is 0 Å². The number of methoxy groups -OCH3 is 4. The maximum absolute atomic E-state index is 12.8. The van der Waals surface area contributed by atoms with Crippen molar-refractivity contribution < 1.29 is 126 Å². The number of aliphatic carboxylic acids is 1. The van der Waals surface area contributed by atoms with Crippen molar-refractivity contribution >= 4 is 47.6 Å². The fourth-order valence-corrected chi connectivity index (χ4v) is 8.09. The van der Waals surface area contributed by atoms with Crippen LogP contribution in [0.4, 0.5) is 0 Å². The Bertz CT molecular complexity index is 1790. The molecule has 0 unspecified atom stereocenters. The Hall–Kier alpha value is -1.45. The van der Waals surface area contributed by atoms with Crippen molar-refractivity contribution in [1.29, 1.82) is 0 Å². The molecule has 3 aliphatic heterocycles. The van der Waals surface area contributed by atoms with E-state index < -0.39 is 159 Å². The van der Waals surface area contributed by atoms with Crippen LogP contribution in [0.15, 0.2) is 0 Å². The highest BCUT2D eigenvalue weighted by atomic mass is 32.3. The van der Waals surface area contributed by atoms with E-state index in [0.29, 0.717) is 0 Å². The van der Waals surface area contributed by atoms with E-state index in [9.17, 15) is 61.8 Å². The normalized spacial score (nSPS) is 36.9. The van der Waals surface area contributed by atoms with E-state index in [0.717, 1.165) is 21.1 Å². The lowest BCUT2D eigenvalue weighted by atomic mass is 9.94. The van der Waals surface area contributed by atoms with E-state index in [4.69, 9.17) is 47.4 Å². The van der Waals surface area contributed by atoms with Crippen LogP contribution >= 0.6 is 0 Å². The Morgan fingerprint density at radius 1 is 0.552 bits per heavy atom. The van der Waals surface area contributed by atoms with Gasteiger partial charge in [-0.1, -0.05) is 0 Å². The first kappa shape index (κ1) is 50.9. The van der Waals surface area contributed by atoms with E-state index in [-0.39, 0.29) is 0 Å². The van der Waals surface area contributed by atoms with Crippen molar-refractivity contribution in [1.82, 2.24) is 0 Å². The minimum absolute atomic E-state index is 0.524. The molecule has 3 rings (SSSR count). The zero-order valence-corrected chi connectivity index (χ0v) is 34.7. The van der Waals surface area contributed by atoms with E-state index in [1.165, 1.54) is 14.2 Å². The summed E-state index contributed by atoms with van der Waals surface area (Å²) in [6, 6.07) is 0. The molecule has 0 aromatic rings. The van der Waals surface area contributed by atoms with Gasteiger partial charge in [-0.3, -0.25) is 18.2 Å². The molecule has 342 valence electrons. The second kappa shape index (κ2) is 20.6. The van der Waals surface area contributed by atoms with Gasteiger partial charge in [-0.2, -0.15) is 33.7 Å². The van der Waals surface area contributed by atoms with Crippen molar-refractivity contribution in [2.24, 2.45) is 0 Å². The molecule has 3 saturated heterocycles. The number of hydrogen-bond acceptors (Lipinski definition) is 23. The first-order chi connectivity index (χ1) is 26.6. The molecule has 0 aliphatic carbocycles. The Labute approximate surface area is 333 Å².